The molecule has 0 N–H and O–H groups in total. The molecule has 0 aliphatic rings. The summed E-state index contributed by atoms with van der Waals surface area (Å²) >= 11 is 0. The molecule has 6 heavy (non-hydrogen) atoms. The molecule has 0 bridgehead atoms. The molecular formula is C3HOS2. The SMILES string of the molecule is O=c1[c]css1. The third-order valence-electron chi connectivity index (χ3n) is 0.349. The van der Waals surface area contributed by atoms with Crippen molar-refractivity contribution in [2.24, 2.45) is 0 Å². The van der Waals surface area contributed by atoms with Crippen molar-refractivity contribution in [3.63, 3.8) is 0 Å². The van der Waals surface area contributed by atoms with Crippen LogP contribution in [0.2, 0.25) is 0 Å². The Morgan fingerprint density at radius 3 is 2.83 bits per heavy atom. The van der Waals surface area contributed by atoms with Gasteiger partial charge in [-0.05, 0) is 10.3 Å². The fraction of sp³-hybridized carbons (Fsp3) is 0. The van der Waals surface area contributed by atoms with E-state index in [-0.39, 0.29) is 4.74 Å². The zero-order chi connectivity index (χ0) is 4.41. The molecule has 0 aliphatic carbocycles. The maximum atomic E-state index is 10.0. The van der Waals surface area contributed by atoms with E-state index in [4.69, 9.17) is 0 Å². The highest BCUT2D eigenvalue weighted by atomic mass is 32.9. The Hall–Kier alpha value is -0.150. The van der Waals surface area contributed by atoms with E-state index >= 15 is 0 Å². The molecule has 31 valence electrons. The van der Waals surface area contributed by atoms with Crippen LogP contribution < -0.4 is 4.74 Å². The normalized spacial score (nSPS) is 8.67. The predicted octanol–water partition coefficient (Wildman–Crippen LogP) is 0.970. The Kier molecular flexibility index (Phi) is 1.03. The van der Waals surface area contributed by atoms with Gasteiger partial charge in [0.1, 0.15) is 0 Å². The molecule has 1 aromatic heterocycles. The highest BCUT2D eigenvalue weighted by Gasteiger charge is 1.76. The van der Waals surface area contributed by atoms with Crippen LogP contribution in [-0.4, -0.2) is 0 Å². The summed E-state index contributed by atoms with van der Waals surface area (Å²) in [7, 11) is 2.62. The van der Waals surface area contributed by atoms with Crippen LogP contribution >= 0.6 is 20.7 Å². The lowest BCUT2D eigenvalue weighted by Crippen LogP contribution is -1.79. The molecule has 1 radical (unpaired) electrons. The summed E-state index contributed by atoms with van der Waals surface area (Å²) in [4.78, 5) is 10.0. The first kappa shape index (κ1) is 4.02. The van der Waals surface area contributed by atoms with Gasteiger partial charge >= 0.3 is 0 Å². The van der Waals surface area contributed by atoms with Crippen LogP contribution in [0.4, 0.5) is 0 Å². The molecule has 0 unspecified atom stereocenters. The second-order valence-corrected chi connectivity index (χ2v) is 2.77. The van der Waals surface area contributed by atoms with Crippen LogP contribution in [0.5, 0.6) is 0 Å². The lowest BCUT2D eigenvalue weighted by molar-refractivity contribution is 1.87. The zero-order valence-electron chi connectivity index (χ0n) is 2.80. The molecule has 3 heteroatoms. The fourth-order valence-electron chi connectivity index (χ4n) is 0.164. The maximum absolute atomic E-state index is 10.0. The first-order chi connectivity index (χ1) is 2.89. The van der Waals surface area contributed by atoms with Gasteiger partial charge < -0.3 is 0 Å². The number of hydrogen-bond acceptors (Lipinski definition) is 3. The van der Waals surface area contributed by atoms with Crippen LogP contribution in [0.3, 0.4) is 0 Å². The van der Waals surface area contributed by atoms with Crippen molar-refractivity contribution in [2.45, 2.75) is 0 Å². The monoisotopic (exact) mass is 117 g/mol. The van der Waals surface area contributed by atoms with E-state index in [0.29, 0.717) is 0 Å². The van der Waals surface area contributed by atoms with Crippen LogP contribution in [0.15, 0.2) is 10.2 Å². The predicted molar refractivity (Wildman–Crippen MR) is 27.3 cm³/mol. The average molecular weight is 117 g/mol. The van der Waals surface area contributed by atoms with Crippen LogP contribution in [0, 0.1) is 6.07 Å². The molecule has 0 saturated carbocycles. The van der Waals surface area contributed by atoms with Crippen molar-refractivity contribution in [1.29, 1.82) is 0 Å². The van der Waals surface area contributed by atoms with Crippen molar-refractivity contribution < 1.29 is 0 Å². The molecule has 0 amide bonds. The minimum absolute atomic E-state index is 0.0278. The largest absolute Gasteiger partial charge is 0.276 e. The first-order valence-electron chi connectivity index (χ1n) is 1.35. The van der Waals surface area contributed by atoms with Crippen molar-refractivity contribution in [3.05, 3.63) is 21.0 Å². The summed E-state index contributed by atoms with van der Waals surface area (Å²) < 4.78 is 0.0278. The van der Waals surface area contributed by atoms with Crippen molar-refractivity contribution in [2.75, 3.05) is 0 Å². The molecular weight excluding hydrogens is 116 g/mol. The minimum atomic E-state index is 0.0278. The first-order valence-corrected chi connectivity index (χ1v) is 3.56. The van der Waals surface area contributed by atoms with Crippen LogP contribution in [0.1, 0.15) is 0 Å². The quantitative estimate of drug-likeness (QED) is 0.463. The highest BCUT2D eigenvalue weighted by molar-refractivity contribution is 7.67. The summed E-state index contributed by atoms with van der Waals surface area (Å²) in [5.74, 6) is 0. The molecule has 0 aliphatic heterocycles. The second kappa shape index (κ2) is 1.53. The Labute approximate surface area is 42.3 Å². The van der Waals surface area contributed by atoms with Crippen molar-refractivity contribution >= 4 is 20.7 Å². The summed E-state index contributed by atoms with van der Waals surface area (Å²) in [6.45, 7) is 0. The maximum Gasteiger partial charge on any atom is 0.250 e. The number of hydrogen-bond donors (Lipinski definition) is 0. The lowest BCUT2D eigenvalue weighted by atomic mass is 10.8. The summed E-state index contributed by atoms with van der Waals surface area (Å²) in [5, 5.41) is 1.66. The van der Waals surface area contributed by atoms with Crippen LogP contribution in [-0.2, 0) is 0 Å². The Morgan fingerprint density at radius 2 is 2.67 bits per heavy atom. The van der Waals surface area contributed by atoms with E-state index in [9.17, 15) is 4.79 Å². The van der Waals surface area contributed by atoms with E-state index in [0.717, 1.165) is 0 Å². The Balaban J connectivity index is 3.41. The molecule has 1 rings (SSSR count). The van der Waals surface area contributed by atoms with E-state index in [1.807, 2.05) is 0 Å². The van der Waals surface area contributed by atoms with Gasteiger partial charge in [-0.3, -0.25) is 4.79 Å². The van der Waals surface area contributed by atoms with E-state index < -0.39 is 0 Å². The Bertz CT molecular complexity index is 147. The van der Waals surface area contributed by atoms with Gasteiger partial charge in [-0.25, -0.2) is 0 Å². The van der Waals surface area contributed by atoms with Gasteiger partial charge in [0, 0.05) is 5.38 Å². The van der Waals surface area contributed by atoms with Gasteiger partial charge in [-0.15, -0.1) is 0 Å². The molecule has 1 nitrogen and oxygen atoms in total. The topological polar surface area (TPSA) is 17.1 Å². The molecule has 1 heterocycles. The smallest absolute Gasteiger partial charge is 0.250 e. The molecule has 0 atom stereocenters. The standard InChI is InChI=1S/C3HOS2/c4-3-1-2-5-6-3/h2H. The van der Waals surface area contributed by atoms with Gasteiger partial charge in [-0.1, -0.05) is 10.3 Å². The average Bonchev–Trinajstić information content (AvgIpc) is 1.86. The fourth-order valence-corrected chi connectivity index (χ4v) is 1.33. The van der Waals surface area contributed by atoms with E-state index in [2.05, 4.69) is 6.07 Å². The number of rotatable bonds is 0. The van der Waals surface area contributed by atoms with Crippen LogP contribution in [0.25, 0.3) is 0 Å². The third-order valence-corrected chi connectivity index (χ3v) is 1.96. The third kappa shape index (κ3) is 0.666. The lowest BCUT2D eigenvalue weighted by Gasteiger charge is -1.41. The minimum Gasteiger partial charge on any atom is -0.276 e. The van der Waals surface area contributed by atoms with Gasteiger partial charge in [0.25, 0.3) is 4.74 Å². The van der Waals surface area contributed by atoms with Gasteiger partial charge in [0.15, 0.2) is 0 Å². The van der Waals surface area contributed by atoms with E-state index in [1.54, 1.807) is 5.38 Å². The summed E-state index contributed by atoms with van der Waals surface area (Å²) in [6, 6.07) is 2.48. The zero-order valence-corrected chi connectivity index (χ0v) is 4.44. The summed E-state index contributed by atoms with van der Waals surface area (Å²) in [6.07, 6.45) is 0. The Morgan fingerprint density at radius 1 is 1.83 bits per heavy atom. The van der Waals surface area contributed by atoms with Gasteiger partial charge in [0.2, 0.25) is 0 Å². The molecule has 0 spiro atoms. The molecule has 0 fully saturated rings. The van der Waals surface area contributed by atoms with E-state index in [1.165, 1.54) is 20.7 Å². The van der Waals surface area contributed by atoms with Crippen molar-refractivity contribution in [1.82, 2.24) is 0 Å². The van der Waals surface area contributed by atoms with Crippen molar-refractivity contribution in [3.8, 4) is 0 Å². The second-order valence-electron chi connectivity index (χ2n) is 0.729. The molecule has 0 saturated heterocycles. The van der Waals surface area contributed by atoms with Gasteiger partial charge in [-0.2, -0.15) is 0 Å². The molecule has 0 aromatic carbocycles. The van der Waals surface area contributed by atoms with Gasteiger partial charge in [0.05, 0.1) is 6.07 Å². The molecule has 1 aromatic rings. The highest BCUT2D eigenvalue weighted by Crippen LogP contribution is 1.94. The summed E-state index contributed by atoms with van der Waals surface area (Å²) in [5.41, 5.74) is 0.